The Bertz CT molecular complexity index is 1660. The van der Waals surface area contributed by atoms with Gasteiger partial charge in [0.15, 0.2) is 0 Å². The lowest BCUT2D eigenvalue weighted by Gasteiger charge is -2.14. The van der Waals surface area contributed by atoms with E-state index in [1.54, 1.807) is 12.1 Å². The standard InChI is InChI=1S/C28H20ClNO6S2/c29-21-11-13-23(14-12-21)38(33,34)36-22-8-3-5-19(17-22)18-26-27(31)30(28(32)37-26)15-16-35-25-10-4-7-20-6-1-2-9-24(20)25/h1-14,17-18H,15-16H2/b26-18-. The second-order valence-corrected chi connectivity index (χ2v) is 11.2. The Labute approximate surface area is 228 Å². The summed E-state index contributed by atoms with van der Waals surface area (Å²) in [6.07, 6.45) is 1.53. The second kappa shape index (κ2) is 10.9. The van der Waals surface area contributed by atoms with Gasteiger partial charge < -0.3 is 8.92 Å². The van der Waals surface area contributed by atoms with Crippen molar-refractivity contribution in [3.05, 3.63) is 106 Å². The van der Waals surface area contributed by atoms with E-state index in [2.05, 4.69) is 0 Å². The number of thioether (sulfide) groups is 1. The first-order chi connectivity index (χ1) is 18.3. The maximum absolute atomic E-state index is 12.9. The third-order valence-electron chi connectivity index (χ3n) is 5.66. The minimum absolute atomic E-state index is 0.0425. The number of imide groups is 1. The van der Waals surface area contributed by atoms with E-state index in [0.29, 0.717) is 16.3 Å². The van der Waals surface area contributed by atoms with Crippen LogP contribution in [-0.2, 0) is 14.9 Å². The molecule has 0 unspecified atom stereocenters. The second-order valence-electron chi connectivity index (χ2n) is 8.22. The number of carbonyl (C=O) groups is 2. The summed E-state index contributed by atoms with van der Waals surface area (Å²) in [5.41, 5.74) is 0.506. The summed E-state index contributed by atoms with van der Waals surface area (Å²) < 4.78 is 36.3. The summed E-state index contributed by atoms with van der Waals surface area (Å²) in [5.74, 6) is 0.300. The molecule has 0 atom stereocenters. The SMILES string of the molecule is O=C1S/C(=C\c2cccc(OS(=O)(=O)c3ccc(Cl)cc3)c2)C(=O)N1CCOc1cccc2ccccc12. The van der Waals surface area contributed by atoms with Gasteiger partial charge in [-0.05, 0) is 71.3 Å². The molecule has 0 bridgehead atoms. The van der Waals surface area contributed by atoms with Gasteiger partial charge >= 0.3 is 10.1 Å². The number of amides is 2. The number of hydrogen-bond acceptors (Lipinski definition) is 7. The Kier molecular flexibility index (Phi) is 7.42. The molecule has 38 heavy (non-hydrogen) atoms. The van der Waals surface area contributed by atoms with E-state index in [9.17, 15) is 18.0 Å². The van der Waals surface area contributed by atoms with Gasteiger partial charge in [-0.25, -0.2) is 0 Å². The monoisotopic (exact) mass is 565 g/mol. The zero-order valence-electron chi connectivity index (χ0n) is 19.7. The number of halogens is 1. The van der Waals surface area contributed by atoms with Crippen molar-refractivity contribution in [3.63, 3.8) is 0 Å². The van der Waals surface area contributed by atoms with Crippen LogP contribution in [0.25, 0.3) is 16.8 Å². The number of carbonyl (C=O) groups excluding carboxylic acids is 2. The van der Waals surface area contributed by atoms with Gasteiger partial charge in [0.05, 0.1) is 11.4 Å². The molecule has 1 fully saturated rings. The van der Waals surface area contributed by atoms with Crippen LogP contribution in [-0.4, -0.2) is 37.6 Å². The Morgan fingerprint density at radius 2 is 1.63 bits per heavy atom. The molecule has 1 aliphatic heterocycles. The number of benzene rings is 4. The summed E-state index contributed by atoms with van der Waals surface area (Å²) in [7, 11) is -4.08. The van der Waals surface area contributed by atoms with Gasteiger partial charge in [-0.1, -0.05) is 60.1 Å². The molecule has 10 heteroatoms. The van der Waals surface area contributed by atoms with Crippen molar-refractivity contribution >= 4 is 61.5 Å². The van der Waals surface area contributed by atoms with E-state index in [1.807, 2.05) is 42.5 Å². The van der Waals surface area contributed by atoms with E-state index >= 15 is 0 Å². The van der Waals surface area contributed by atoms with Gasteiger partial charge in [-0.3, -0.25) is 14.5 Å². The van der Waals surface area contributed by atoms with Crippen molar-refractivity contribution in [1.29, 1.82) is 0 Å². The van der Waals surface area contributed by atoms with E-state index in [-0.39, 0.29) is 28.7 Å². The van der Waals surface area contributed by atoms with E-state index in [1.165, 1.54) is 42.5 Å². The molecule has 0 radical (unpaired) electrons. The lowest BCUT2D eigenvalue weighted by Crippen LogP contribution is -2.32. The molecule has 4 aromatic carbocycles. The zero-order valence-corrected chi connectivity index (χ0v) is 22.1. The van der Waals surface area contributed by atoms with Gasteiger partial charge in [0.1, 0.15) is 23.0 Å². The van der Waals surface area contributed by atoms with E-state index in [4.69, 9.17) is 20.5 Å². The molecular formula is C28H20ClNO6S2. The van der Waals surface area contributed by atoms with Crippen LogP contribution >= 0.6 is 23.4 Å². The van der Waals surface area contributed by atoms with Crippen molar-refractivity contribution in [2.45, 2.75) is 4.90 Å². The normalized spacial score (nSPS) is 14.9. The quantitative estimate of drug-likeness (QED) is 0.181. The Morgan fingerprint density at radius 1 is 0.895 bits per heavy atom. The molecule has 2 amide bonds. The average Bonchev–Trinajstić information content (AvgIpc) is 3.16. The van der Waals surface area contributed by atoms with Crippen molar-refractivity contribution < 1.29 is 26.9 Å². The van der Waals surface area contributed by atoms with Crippen LogP contribution in [0.4, 0.5) is 4.79 Å². The summed E-state index contributed by atoms with van der Waals surface area (Å²) >= 11 is 6.64. The lowest BCUT2D eigenvalue weighted by atomic mass is 10.1. The minimum atomic E-state index is -4.08. The molecule has 0 N–H and O–H groups in total. The summed E-state index contributed by atoms with van der Waals surface area (Å²) in [6, 6.07) is 25.4. The highest BCUT2D eigenvalue weighted by Crippen LogP contribution is 2.33. The van der Waals surface area contributed by atoms with Gasteiger partial charge in [-0.2, -0.15) is 8.42 Å². The van der Waals surface area contributed by atoms with Crippen LogP contribution in [0.1, 0.15) is 5.56 Å². The van der Waals surface area contributed by atoms with Crippen LogP contribution in [0.3, 0.4) is 0 Å². The fourth-order valence-electron chi connectivity index (χ4n) is 3.84. The van der Waals surface area contributed by atoms with Crippen molar-refractivity contribution in [1.82, 2.24) is 4.90 Å². The molecule has 1 saturated heterocycles. The number of nitrogens with zero attached hydrogens (tertiary/aromatic N) is 1. The molecule has 5 rings (SSSR count). The van der Waals surface area contributed by atoms with Gasteiger partial charge in [0.2, 0.25) is 0 Å². The van der Waals surface area contributed by atoms with Crippen LogP contribution in [0, 0.1) is 0 Å². The van der Waals surface area contributed by atoms with Crippen molar-refractivity contribution in [2.75, 3.05) is 13.2 Å². The number of ether oxygens (including phenoxy) is 1. The van der Waals surface area contributed by atoms with E-state index in [0.717, 1.165) is 27.4 Å². The average molecular weight is 566 g/mol. The highest BCUT2D eigenvalue weighted by atomic mass is 35.5. The highest BCUT2D eigenvalue weighted by Gasteiger charge is 2.34. The van der Waals surface area contributed by atoms with Gasteiger partial charge in [0, 0.05) is 10.4 Å². The maximum atomic E-state index is 12.9. The van der Waals surface area contributed by atoms with E-state index < -0.39 is 21.3 Å². The van der Waals surface area contributed by atoms with Gasteiger partial charge in [-0.15, -0.1) is 0 Å². The molecule has 4 aromatic rings. The molecule has 192 valence electrons. The van der Waals surface area contributed by atoms with Crippen LogP contribution in [0.15, 0.2) is 101 Å². The number of rotatable bonds is 8. The predicted molar refractivity (Wildman–Crippen MR) is 148 cm³/mol. The largest absolute Gasteiger partial charge is 0.491 e. The summed E-state index contributed by atoms with van der Waals surface area (Å²) in [6.45, 7) is 0.235. The Balaban J connectivity index is 1.25. The molecule has 0 aromatic heterocycles. The Morgan fingerprint density at radius 3 is 2.45 bits per heavy atom. The predicted octanol–water partition coefficient (Wildman–Crippen LogP) is 6.38. The summed E-state index contributed by atoms with van der Waals surface area (Å²) in [4.78, 5) is 26.8. The number of fused-ring (bicyclic) bond motifs is 1. The smallest absolute Gasteiger partial charge is 0.339 e. The Hall–Kier alpha value is -3.79. The molecule has 7 nitrogen and oxygen atoms in total. The van der Waals surface area contributed by atoms with Crippen LogP contribution < -0.4 is 8.92 Å². The molecule has 1 aliphatic rings. The molecule has 0 saturated carbocycles. The lowest BCUT2D eigenvalue weighted by molar-refractivity contribution is -0.123. The molecule has 0 spiro atoms. The van der Waals surface area contributed by atoms with Crippen molar-refractivity contribution in [3.8, 4) is 11.5 Å². The third kappa shape index (κ3) is 5.70. The van der Waals surface area contributed by atoms with Crippen molar-refractivity contribution in [2.24, 2.45) is 0 Å². The number of hydrogen-bond donors (Lipinski definition) is 0. The van der Waals surface area contributed by atoms with Crippen LogP contribution in [0.5, 0.6) is 11.5 Å². The first kappa shape index (κ1) is 25.8. The first-order valence-corrected chi connectivity index (χ1v) is 14.1. The van der Waals surface area contributed by atoms with Crippen LogP contribution in [0.2, 0.25) is 5.02 Å². The molecular weight excluding hydrogens is 546 g/mol. The first-order valence-electron chi connectivity index (χ1n) is 11.5. The fourth-order valence-corrected chi connectivity index (χ4v) is 5.76. The third-order valence-corrected chi connectivity index (χ3v) is 8.08. The minimum Gasteiger partial charge on any atom is -0.491 e. The highest BCUT2D eigenvalue weighted by molar-refractivity contribution is 8.18. The molecule has 0 aliphatic carbocycles. The fraction of sp³-hybridized carbons (Fsp3) is 0.0714. The maximum Gasteiger partial charge on any atom is 0.339 e. The summed E-state index contributed by atoms with van der Waals surface area (Å²) in [5, 5.41) is 1.98. The zero-order chi connectivity index (χ0) is 26.7. The topological polar surface area (TPSA) is 90.0 Å². The molecule has 1 heterocycles. The van der Waals surface area contributed by atoms with Gasteiger partial charge in [0.25, 0.3) is 11.1 Å².